The molecule has 3 rings (SSSR count). The summed E-state index contributed by atoms with van der Waals surface area (Å²) in [6, 6.07) is 5.97. The van der Waals surface area contributed by atoms with E-state index in [-0.39, 0.29) is 17.2 Å². The molecule has 1 aliphatic carbocycles. The fourth-order valence-electron chi connectivity index (χ4n) is 3.99. The van der Waals surface area contributed by atoms with Crippen molar-refractivity contribution in [2.75, 3.05) is 7.11 Å². The second-order valence-corrected chi connectivity index (χ2v) is 7.80. The first kappa shape index (κ1) is 17.5. The maximum absolute atomic E-state index is 12.8. The van der Waals surface area contributed by atoms with Crippen LogP contribution in [0.15, 0.2) is 18.2 Å². The van der Waals surface area contributed by atoms with Gasteiger partial charge in [-0.2, -0.15) is 5.26 Å². The summed E-state index contributed by atoms with van der Waals surface area (Å²) < 4.78 is 5.35. The molecule has 0 bridgehead atoms. The number of nitrogens with one attached hydrogen (secondary N) is 1. The first-order valence-electron chi connectivity index (χ1n) is 9.08. The van der Waals surface area contributed by atoms with Crippen LogP contribution in [0, 0.1) is 17.2 Å². The predicted octanol–water partition coefficient (Wildman–Crippen LogP) is 3.98. The van der Waals surface area contributed by atoms with Gasteiger partial charge in [-0.1, -0.05) is 19.3 Å². The van der Waals surface area contributed by atoms with Gasteiger partial charge in [-0.05, 0) is 50.8 Å². The zero-order valence-electron chi connectivity index (χ0n) is 15.3. The minimum atomic E-state index is -0.148. The maximum atomic E-state index is 12.8. The van der Waals surface area contributed by atoms with E-state index >= 15 is 0 Å². The molecule has 25 heavy (non-hydrogen) atoms. The summed E-state index contributed by atoms with van der Waals surface area (Å²) in [4.78, 5) is 12.8. The SMILES string of the molecule is COc1cc2c(cc1C#N)/C(=C/C(=O)C1CCCCC1)NC(C)(C)C2. The molecule has 1 aliphatic heterocycles. The molecule has 132 valence electrons. The van der Waals surface area contributed by atoms with E-state index in [1.165, 1.54) is 6.42 Å². The fourth-order valence-corrected chi connectivity index (χ4v) is 3.99. The number of rotatable bonds is 3. The summed E-state index contributed by atoms with van der Waals surface area (Å²) in [5.74, 6) is 0.947. The molecule has 4 nitrogen and oxygen atoms in total. The van der Waals surface area contributed by atoms with E-state index in [2.05, 4.69) is 25.2 Å². The summed E-state index contributed by atoms with van der Waals surface area (Å²) >= 11 is 0. The summed E-state index contributed by atoms with van der Waals surface area (Å²) in [6.45, 7) is 4.25. The average Bonchev–Trinajstić information content (AvgIpc) is 2.60. The molecular weight excluding hydrogens is 312 g/mol. The lowest BCUT2D eigenvalue weighted by atomic mass is 9.82. The Kier molecular flexibility index (Phi) is 4.85. The minimum absolute atomic E-state index is 0.144. The highest BCUT2D eigenvalue weighted by molar-refractivity contribution is 5.98. The molecule has 1 saturated carbocycles. The van der Waals surface area contributed by atoms with Crippen molar-refractivity contribution in [1.82, 2.24) is 5.32 Å². The lowest BCUT2D eigenvalue weighted by molar-refractivity contribution is -0.119. The molecule has 0 radical (unpaired) electrons. The Hall–Kier alpha value is -2.28. The van der Waals surface area contributed by atoms with Crippen molar-refractivity contribution in [1.29, 1.82) is 5.26 Å². The van der Waals surface area contributed by atoms with Gasteiger partial charge in [-0.15, -0.1) is 0 Å². The molecule has 1 N–H and O–H groups in total. The Morgan fingerprint density at radius 1 is 1.32 bits per heavy atom. The second kappa shape index (κ2) is 6.92. The number of nitrogens with zero attached hydrogens (tertiary/aromatic N) is 1. The van der Waals surface area contributed by atoms with E-state index in [1.54, 1.807) is 13.2 Å². The summed E-state index contributed by atoms with van der Waals surface area (Å²) in [6.07, 6.45) is 8.09. The molecule has 0 saturated heterocycles. The summed E-state index contributed by atoms with van der Waals surface area (Å²) in [5, 5.41) is 12.9. The van der Waals surface area contributed by atoms with Crippen LogP contribution >= 0.6 is 0 Å². The van der Waals surface area contributed by atoms with Gasteiger partial charge in [0.15, 0.2) is 5.78 Å². The standard InChI is InChI=1S/C21H26N2O2/c1-21(2)12-15-10-20(25-3)16(13-22)9-17(15)18(23-21)11-19(24)14-7-5-4-6-8-14/h9-11,14,23H,4-8,12H2,1-3H3/b18-11-. The number of hydrogen-bond acceptors (Lipinski definition) is 4. The maximum Gasteiger partial charge on any atom is 0.160 e. The van der Waals surface area contributed by atoms with Crippen molar-refractivity contribution in [3.05, 3.63) is 34.9 Å². The molecular formula is C21H26N2O2. The highest BCUT2D eigenvalue weighted by Gasteiger charge is 2.30. The largest absolute Gasteiger partial charge is 0.495 e. The molecule has 4 heteroatoms. The molecule has 2 aliphatic rings. The number of fused-ring (bicyclic) bond motifs is 1. The number of ketones is 1. The normalized spacial score (nSPS) is 21.1. The predicted molar refractivity (Wildman–Crippen MR) is 98.2 cm³/mol. The zero-order valence-corrected chi connectivity index (χ0v) is 15.3. The Morgan fingerprint density at radius 2 is 2.04 bits per heavy atom. The Bertz CT molecular complexity index is 750. The van der Waals surface area contributed by atoms with Crippen LogP contribution in [-0.2, 0) is 11.2 Å². The van der Waals surface area contributed by atoms with E-state index in [4.69, 9.17) is 4.74 Å². The highest BCUT2D eigenvalue weighted by atomic mass is 16.5. The molecule has 0 aromatic heterocycles. The van der Waals surface area contributed by atoms with Gasteiger partial charge in [0.1, 0.15) is 11.8 Å². The van der Waals surface area contributed by atoms with Crippen LogP contribution in [-0.4, -0.2) is 18.4 Å². The molecule has 0 amide bonds. The van der Waals surface area contributed by atoms with E-state index in [0.717, 1.165) is 48.9 Å². The third-order valence-corrected chi connectivity index (χ3v) is 5.24. The van der Waals surface area contributed by atoms with Gasteiger partial charge in [-0.25, -0.2) is 0 Å². The minimum Gasteiger partial charge on any atom is -0.495 e. The first-order valence-corrected chi connectivity index (χ1v) is 9.08. The van der Waals surface area contributed by atoms with E-state index in [0.29, 0.717) is 11.3 Å². The molecule has 0 unspecified atom stereocenters. The van der Waals surface area contributed by atoms with E-state index in [9.17, 15) is 10.1 Å². The molecule has 0 atom stereocenters. The van der Waals surface area contributed by atoms with Crippen LogP contribution in [0.25, 0.3) is 5.70 Å². The number of methoxy groups -OCH3 is 1. The highest BCUT2D eigenvalue weighted by Crippen LogP contribution is 2.35. The van der Waals surface area contributed by atoms with Crippen LogP contribution in [0.4, 0.5) is 0 Å². The first-order chi connectivity index (χ1) is 11.9. The fraction of sp³-hybridized carbons (Fsp3) is 0.524. The summed E-state index contributed by atoms with van der Waals surface area (Å²) in [7, 11) is 1.58. The topological polar surface area (TPSA) is 62.1 Å². The smallest absolute Gasteiger partial charge is 0.160 e. The van der Waals surface area contributed by atoms with Crippen molar-refractivity contribution in [3.8, 4) is 11.8 Å². The van der Waals surface area contributed by atoms with Crippen LogP contribution in [0.5, 0.6) is 5.75 Å². The molecule has 1 aromatic carbocycles. The third kappa shape index (κ3) is 3.71. The Morgan fingerprint density at radius 3 is 2.68 bits per heavy atom. The van der Waals surface area contributed by atoms with E-state index in [1.807, 2.05) is 12.1 Å². The monoisotopic (exact) mass is 338 g/mol. The van der Waals surface area contributed by atoms with Crippen molar-refractivity contribution in [2.24, 2.45) is 5.92 Å². The van der Waals surface area contributed by atoms with Crippen LogP contribution in [0.1, 0.15) is 62.6 Å². The number of nitriles is 1. The third-order valence-electron chi connectivity index (χ3n) is 5.24. The molecule has 1 heterocycles. The molecule has 1 fully saturated rings. The number of hydrogen-bond donors (Lipinski definition) is 1. The van der Waals surface area contributed by atoms with Crippen molar-refractivity contribution in [2.45, 2.75) is 57.9 Å². The lowest BCUT2D eigenvalue weighted by Gasteiger charge is -2.36. The van der Waals surface area contributed by atoms with Gasteiger partial charge in [-0.3, -0.25) is 4.79 Å². The van der Waals surface area contributed by atoms with Crippen LogP contribution < -0.4 is 10.1 Å². The van der Waals surface area contributed by atoms with Crippen molar-refractivity contribution >= 4 is 11.5 Å². The lowest BCUT2D eigenvalue weighted by Crippen LogP contribution is -2.44. The van der Waals surface area contributed by atoms with Gasteiger partial charge in [0.05, 0.1) is 12.7 Å². The summed E-state index contributed by atoms with van der Waals surface area (Å²) in [5.41, 5.74) is 3.24. The number of ether oxygens (including phenoxy) is 1. The Labute approximate surface area is 149 Å². The molecule has 0 spiro atoms. The zero-order chi connectivity index (χ0) is 18.0. The number of benzene rings is 1. The average molecular weight is 338 g/mol. The molecule has 1 aromatic rings. The van der Waals surface area contributed by atoms with Crippen molar-refractivity contribution < 1.29 is 9.53 Å². The van der Waals surface area contributed by atoms with Gasteiger partial charge < -0.3 is 10.1 Å². The number of carbonyl (C=O) groups excluding carboxylic acids is 1. The van der Waals surface area contributed by atoms with Gasteiger partial charge >= 0.3 is 0 Å². The van der Waals surface area contributed by atoms with E-state index < -0.39 is 0 Å². The van der Waals surface area contributed by atoms with Gasteiger partial charge in [0.25, 0.3) is 0 Å². The Balaban J connectivity index is 2.01. The number of carbonyl (C=O) groups is 1. The second-order valence-electron chi connectivity index (χ2n) is 7.80. The van der Waals surface area contributed by atoms with Gasteiger partial charge in [0.2, 0.25) is 0 Å². The van der Waals surface area contributed by atoms with Crippen LogP contribution in [0.2, 0.25) is 0 Å². The van der Waals surface area contributed by atoms with Crippen molar-refractivity contribution in [3.63, 3.8) is 0 Å². The quantitative estimate of drug-likeness (QED) is 0.847. The van der Waals surface area contributed by atoms with Crippen LogP contribution in [0.3, 0.4) is 0 Å². The number of allylic oxidation sites excluding steroid dienone is 1. The van der Waals surface area contributed by atoms with Gasteiger partial charge in [0, 0.05) is 28.8 Å².